The Labute approximate surface area is 514 Å². The summed E-state index contributed by atoms with van der Waals surface area (Å²) in [4.78, 5) is 13.5. The van der Waals surface area contributed by atoms with Crippen LogP contribution in [0, 0.1) is 0 Å². The third-order valence-electron chi connectivity index (χ3n) is 15.5. The number of aliphatic hydroxyl groups excluding tert-OH is 3. The third kappa shape index (κ3) is 18.0. The summed E-state index contributed by atoms with van der Waals surface area (Å²) in [5.41, 5.74) is 5.89. The first-order valence-corrected chi connectivity index (χ1v) is 29.8. The third-order valence-corrected chi connectivity index (χ3v) is 15.5. The Morgan fingerprint density at radius 3 is 1.23 bits per heavy atom. The van der Waals surface area contributed by atoms with E-state index in [9.17, 15) is 20.1 Å². The average Bonchev–Trinajstić information content (AvgIpc) is 1.09. The van der Waals surface area contributed by atoms with Gasteiger partial charge in [0.1, 0.15) is 78.9 Å². The fourth-order valence-corrected chi connectivity index (χ4v) is 11.0. The van der Waals surface area contributed by atoms with Crippen molar-refractivity contribution >= 4 is 5.91 Å². The SMILES string of the molecule is COc1ccc(CO[C@H]2[C@H](O)[C@@H](CO)O[C@@H](O[C@H]3[C@@H](OCc4ccccc4)[C@@H](COCc4ccccc4)O[C@@H](O[C@H]4[C@H](OCc5ccccc5)[C@@H](OCc5ccccc5)[C@H](O)O[C@@H]4COCc4ccccc4)[C@@H]3OCc3ccccc3)[C@@H]2NC(C)=O)cc1. The summed E-state index contributed by atoms with van der Waals surface area (Å²) >= 11 is 0. The Morgan fingerprint density at radius 1 is 0.409 bits per heavy atom. The second-order valence-corrected chi connectivity index (χ2v) is 21.9. The predicted octanol–water partition coefficient (Wildman–Crippen LogP) is 8.15. The first-order valence-electron chi connectivity index (χ1n) is 29.8. The normalized spacial score (nSPS) is 27.1. The van der Waals surface area contributed by atoms with Crippen LogP contribution in [0.4, 0.5) is 0 Å². The molecule has 0 radical (unpaired) electrons. The zero-order valence-corrected chi connectivity index (χ0v) is 49.4. The van der Waals surface area contributed by atoms with Gasteiger partial charge in [-0.1, -0.05) is 194 Å². The highest BCUT2D eigenvalue weighted by Crippen LogP contribution is 2.38. The Bertz CT molecular complexity index is 3090. The lowest BCUT2D eigenvalue weighted by molar-refractivity contribution is -0.387. The number of hydrogen-bond donors (Lipinski definition) is 4. The van der Waals surface area contributed by atoms with E-state index in [2.05, 4.69) is 5.32 Å². The van der Waals surface area contributed by atoms with Gasteiger partial charge in [0.15, 0.2) is 18.9 Å². The smallest absolute Gasteiger partial charge is 0.217 e. The quantitative estimate of drug-likeness (QED) is 0.0335. The predicted molar refractivity (Wildman–Crippen MR) is 322 cm³/mol. The summed E-state index contributed by atoms with van der Waals surface area (Å²) in [6, 6.07) is 63.8. The molecule has 3 aliphatic heterocycles. The van der Waals surface area contributed by atoms with Crippen molar-refractivity contribution in [2.75, 3.05) is 26.9 Å². The minimum absolute atomic E-state index is 0.00162. The van der Waals surface area contributed by atoms with Gasteiger partial charge in [0.25, 0.3) is 0 Å². The molecule has 4 N–H and O–H groups in total. The molecule has 15 atom stereocenters. The van der Waals surface area contributed by atoms with Gasteiger partial charge in [0, 0.05) is 6.92 Å². The van der Waals surface area contributed by atoms with Gasteiger partial charge < -0.3 is 82.2 Å². The first-order chi connectivity index (χ1) is 43.2. The van der Waals surface area contributed by atoms with E-state index in [4.69, 9.17) is 61.6 Å². The van der Waals surface area contributed by atoms with E-state index < -0.39 is 105 Å². The molecular formula is C70H79NO17. The second kappa shape index (κ2) is 33.2. The Morgan fingerprint density at radius 2 is 0.784 bits per heavy atom. The number of nitrogens with one attached hydrogen (secondary N) is 1. The van der Waals surface area contributed by atoms with E-state index in [0.717, 1.165) is 38.9 Å². The van der Waals surface area contributed by atoms with Crippen molar-refractivity contribution in [3.63, 3.8) is 0 Å². The van der Waals surface area contributed by atoms with Crippen molar-refractivity contribution < 1.29 is 81.7 Å². The van der Waals surface area contributed by atoms with E-state index in [1.807, 2.05) is 194 Å². The maximum Gasteiger partial charge on any atom is 0.217 e. The summed E-state index contributed by atoms with van der Waals surface area (Å²) < 4.78 is 88.1. The van der Waals surface area contributed by atoms with Crippen LogP contribution in [0.3, 0.4) is 0 Å². The average molecular weight is 1210 g/mol. The molecule has 3 aliphatic rings. The van der Waals surface area contributed by atoms with Crippen molar-refractivity contribution in [2.45, 2.75) is 145 Å². The topological polar surface area (TPSA) is 210 Å². The maximum atomic E-state index is 13.5. The zero-order chi connectivity index (χ0) is 60.9. The van der Waals surface area contributed by atoms with E-state index in [0.29, 0.717) is 5.75 Å². The lowest BCUT2D eigenvalue weighted by atomic mass is 9.94. The molecule has 3 heterocycles. The molecule has 88 heavy (non-hydrogen) atoms. The molecule has 0 aromatic heterocycles. The Balaban J connectivity index is 1.08. The standard InChI is InChI=1S/C70H79NO17/c1-47(73)71-59-63(80-44-54-33-35-55(76-2)36-34-54)60(74)56(37-72)85-69(59)88-65-61(79-40-50-25-13-5-14-26-50)57(45-77-38-48-21-9-3-10-22-48)86-70(67(65)83-43-53-31-19-8-20-32-53)87-62-58(46-78-39-49-23-11-4-12-24-49)84-68(75)66(82-42-52-29-17-7-18-30-52)64(62)81-41-51-27-15-6-16-28-51/h3-36,56-70,72,74-75H,37-46H2,1-2H3,(H,71,73)/t56-,57-,58-,59-,60-,61+,62-,63-,64+,65+,66-,67-,68-,69+,70+/m1/s1. The van der Waals surface area contributed by atoms with Crippen molar-refractivity contribution in [1.82, 2.24) is 5.32 Å². The second-order valence-electron chi connectivity index (χ2n) is 21.9. The van der Waals surface area contributed by atoms with Gasteiger partial charge in [-0.25, -0.2) is 0 Å². The maximum absolute atomic E-state index is 13.5. The van der Waals surface area contributed by atoms with Gasteiger partial charge in [-0.2, -0.15) is 0 Å². The number of aliphatic hydroxyl groups is 3. The molecule has 18 heteroatoms. The van der Waals surface area contributed by atoms with Gasteiger partial charge in [-0.15, -0.1) is 0 Å². The van der Waals surface area contributed by atoms with E-state index in [1.165, 1.54) is 6.92 Å². The lowest BCUT2D eigenvalue weighted by Gasteiger charge is -2.51. The van der Waals surface area contributed by atoms with Crippen LogP contribution in [0.2, 0.25) is 0 Å². The van der Waals surface area contributed by atoms with Crippen molar-refractivity contribution in [3.05, 3.63) is 245 Å². The summed E-state index contributed by atoms with van der Waals surface area (Å²) in [5.74, 6) is 0.164. The molecule has 18 nitrogen and oxygen atoms in total. The summed E-state index contributed by atoms with van der Waals surface area (Å²) in [7, 11) is 1.57. The van der Waals surface area contributed by atoms with E-state index in [-0.39, 0.29) is 59.5 Å². The molecule has 0 saturated carbocycles. The minimum atomic E-state index is -1.53. The van der Waals surface area contributed by atoms with Crippen LogP contribution in [0.25, 0.3) is 0 Å². The number of methoxy groups -OCH3 is 1. The molecular weight excluding hydrogens is 1130 g/mol. The fourth-order valence-electron chi connectivity index (χ4n) is 11.0. The fraction of sp³-hybridized carbons (Fsp3) is 0.386. The number of hydrogen-bond acceptors (Lipinski definition) is 17. The molecule has 0 unspecified atom stereocenters. The monoisotopic (exact) mass is 1210 g/mol. The highest BCUT2D eigenvalue weighted by Gasteiger charge is 2.57. The molecule has 0 spiro atoms. The Kier molecular flexibility index (Phi) is 24.2. The van der Waals surface area contributed by atoms with Gasteiger partial charge in [-0.3, -0.25) is 4.79 Å². The van der Waals surface area contributed by atoms with E-state index >= 15 is 0 Å². The van der Waals surface area contributed by atoms with Crippen LogP contribution in [-0.4, -0.2) is 140 Å². The summed E-state index contributed by atoms with van der Waals surface area (Å²) in [6.45, 7) is 1.17. The van der Waals surface area contributed by atoms with Crippen molar-refractivity contribution in [2.24, 2.45) is 0 Å². The van der Waals surface area contributed by atoms with Crippen LogP contribution < -0.4 is 10.1 Å². The molecule has 466 valence electrons. The first kappa shape index (κ1) is 64.2. The Hall–Kier alpha value is -6.79. The largest absolute Gasteiger partial charge is 0.497 e. The summed E-state index contributed by atoms with van der Waals surface area (Å²) in [6.07, 6.45) is -17.3. The highest BCUT2D eigenvalue weighted by atomic mass is 16.8. The van der Waals surface area contributed by atoms with Gasteiger partial charge in [0.05, 0.1) is 73.2 Å². The van der Waals surface area contributed by atoms with Crippen LogP contribution in [0.1, 0.15) is 45.9 Å². The van der Waals surface area contributed by atoms with Crippen molar-refractivity contribution in [1.29, 1.82) is 0 Å². The molecule has 3 fully saturated rings. The van der Waals surface area contributed by atoms with Crippen LogP contribution in [0.5, 0.6) is 5.75 Å². The van der Waals surface area contributed by atoms with Crippen molar-refractivity contribution in [3.8, 4) is 5.75 Å². The number of carbonyl (C=O) groups is 1. The van der Waals surface area contributed by atoms with Gasteiger partial charge >= 0.3 is 0 Å². The number of rotatable bonds is 30. The molecule has 10 rings (SSSR count). The van der Waals surface area contributed by atoms with Gasteiger partial charge in [0.2, 0.25) is 5.91 Å². The zero-order valence-electron chi connectivity index (χ0n) is 49.4. The summed E-state index contributed by atoms with van der Waals surface area (Å²) in [5, 5.41) is 38.1. The van der Waals surface area contributed by atoms with Gasteiger partial charge in [-0.05, 0) is 51.1 Å². The number of benzene rings is 7. The molecule has 3 saturated heterocycles. The molecule has 0 aliphatic carbocycles. The van der Waals surface area contributed by atoms with Crippen LogP contribution >= 0.6 is 0 Å². The van der Waals surface area contributed by atoms with Crippen LogP contribution in [0.15, 0.2) is 206 Å². The number of ether oxygens (including phenoxy) is 13. The molecule has 0 bridgehead atoms. The lowest BCUT2D eigenvalue weighted by Crippen LogP contribution is -2.69. The molecule has 7 aromatic carbocycles. The minimum Gasteiger partial charge on any atom is -0.497 e. The van der Waals surface area contributed by atoms with Crippen LogP contribution in [-0.2, 0) is 108 Å². The van der Waals surface area contributed by atoms with E-state index in [1.54, 1.807) is 19.2 Å². The molecule has 1 amide bonds. The highest BCUT2D eigenvalue weighted by molar-refractivity contribution is 5.73. The molecule has 7 aromatic rings. The number of amides is 1. The number of carbonyl (C=O) groups excluding carboxylic acids is 1.